The average Bonchev–Trinajstić information content (AvgIpc) is 2.88. The summed E-state index contributed by atoms with van der Waals surface area (Å²) in [6.45, 7) is 8.89. The van der Waals surface area contributed by atoms with Crippen molar-refractivity contribution in [2.24, 2.45) is 10.8 Å². The van der Waals surface area contributed by atoms with E-state index >= 15 is 0 Å². The van der Waals surface area contributed by atoms with Crippen molar-refractivity contribution in [3.63, 3.8) is 0 Å². The van der Waals surface area contributed by atoms with Gasteiger partial charge in [-0.1, -0.05) is 0 Å². The van der Waals surface area contributed by atoms with Gasteiger partial charge in [0.25, 0.3) is 5.91 Å². The predicted octanol–water partition coefficient (Wildman–Crippen LogP) is 1.70. The minimum absolute atomic E-state index is 0.356. The van der Waals surface area contributed by atoms with E-state index in [0.29, 0.717) is 5.06 Å². The summed E-state index contributed by atoms with van der Waals surface area (Å²) in [7, 11) is -4.46. The second-order valence-corrected chi connectivity index (χ2v) is 11.1. The van der Waals surface area contributed by atoms with E-state index in [9.17, 15) is 28.8 Å². The van der Waals surface area contributed by atoms with Crippen LogP contribution in [-0.4, -0.2) is 59.5 Å². The predicted molar refractivity (Wildman–Crippen MR) is 104 cm³/mol. The van der Waals surface area contributed by atoms with Crippen LogP contribution in [0.25, 0.3) is 0 Å². The summed E-state index contributed by atoms with van der Waals surface area (Å²) in [4.78, 5) is 52.1. The Morgan fingerprint density at radius 3 is 1.77 bits per heavy atom. The molecule has 0 bridgehead atoms. The molecule has 13 heteroatoms. The van der Waals surface area contributed by atoms with E-state index in [4.69, 9.17) is 18.5 Å². The molecule has 0 radical (unpaired) electrons. The number of nitrogens with zero attached hydrogens (tertiary/aromatic N) is 1. The van der Waals surface area contributed by atoms with Gasteiger partial charge >= 0.3 is 25.5 Å². The van der Waals surface area contributed by atoms with Gasteiger partial charge in [-0.2, -0.15) is 0 Å². The van der Waals surface area contributed by atoms with Gasteiger partial charge in [-0.3, -0.25) is 32.8 Å². The molecular formula is C18H30NO11P. The van der Waals surface area contributed by atoms with Crippen molar-refractivity contribution in [1.82, 2.24) is 5.06 Å². The van der Waals surface area contributed by atoms with E-state index in [2.05, 4.69) is 4.84 Å². The van der Waals surface area contributed by atoms with Crippen LogP contribution >= 0.6 is 7.60 Å². The molecule has 1 N–H and O–H groups in total. The number of ether oxygens (including phenoxy) is 2. The van der Waals surface area contributed by atoms with E-state index in [-0.39, 0.29) is 0 Å². The topological polar surface area (TPSA) is 155 Å². The van der Waals surface area contributed by atoms with E-state index in [1.807, 2.05) is 0 Å². The summed E-state index contributed by atoms with van der Waals surface area (Å²) in [5, 5.41) is 10.4. The largest absolute Gasteiger partial charge is 0.438 e. The highest BCUT2D eigenvalue weighted by Crippen LogP contribution is 2.57. The lowest BCUT2D eigenvalue weighted by atomic mass is 9.98. The molecule has 1 saturated heterocycles. The number of hydrogen-bond donors (Lipinski definition) is 1. The molecule has 178 valence electrons. The van der Waals surface area contributed by atoms with Gasteiger partial charge in [-0.15, -0.1) is 5.06 Å². The van der Waals surface area contributed by atoms with E-state index in [1.165, 1.54) is 0 Å². The normalized spacial score (nSPS) is 19.9. The lowest BCUT2D eigenvalue weighted by Gasteiger charge is -2.24. The summed E-state index contributed by atoms with van der Waals surface area (Å²) >= 11 is 0. The van der Waals surface area contributed by atoms with Crippen molar-refractivity contribution in [2.45, 2.75) is 66.8 Å². The molecule has 0 saturated carbocycles. The standard InChI is InChI=1S/C18H30NO11P/c1-11(20)30-19-13(21)8-12(14(19)22)31(25,28-9-26-15(23)17(2,3)4)29-10-27-16(24)18(5,6)7/h12-13,21H,8-10H2,1-7H3/t12-,13-/m0/s1. The van der Waals surface area contributed by atoms with Gasteiger partial charge < -0.3 is 19.4 Å². The van der Waals surface area contributed by atoms with Crippen LogP contribution in [0, 0.1) is 10.8 Å². The number of carbonyl (C=O) groups is 4. The van der Waals surface area contributed by atoms with E-state index in [1.54, 1.807) is 41.5 Å². The van der Waals surface area contributed by atoms with Gasteiger partial charge in [0.05, 0.1) is 10.8 Å². The Labute approximate surface area is 180 Å². The van der Waals surface area contributed by atoms with Gasteiger partial charge in [-0.25, -0.2) is 0 Å². The zero-order valence-electron chi connectivity index (χ0n) is 18.7. The van der Waals surface area contributed by atoms with Crippen molar-refractivity contribution < 1.29 is 52.2 Å². The number of aliphatic hydroxyl groups excluding tert-OH is 1. The zero-order valence-corrected chi connectivity index (χ0v) is 19.6. The summed E-state index contributed by atoms with van der Waals surface area (Å²) in [5.41, 5.74) is -3.34. The molecule has 1 fully saturated rings. The second-order valence-electron chi connectivity index (χ2n) is 8.88. The third-order valence-electron chi connectivity index (χ3n) is 3.89. The van der Waals surface area contributed by atoms with Crippen LogP contribution in [-0.2, 0) is 47.1 Å². The monoisotopic (exact) mass is 467 g/mol. The molecule has 0 unspecified atom stereocenters. The minimum Gasteiger partial charge on any atom is -0.438 e. The first-order chi connectivity index (χ1) is 14.0. The van der Waals surface area contributed by atoms with Crippen LogP contribution in [0.5, 0.6) is 0 Å². The third kappa shape index (κ3) is 7.57. The fourth-order valence-electron chi connectivity index (χ4n) is 2.16. The van der Waals surface area contributed by atoms with Crippen LogP contribution in [0.2, 0.25) is 0 Å². The van der Waals surface area contributed by atoms with E-state index in [0.717, 1.165) is 6.92 Å². The molecule has 1 aliphatic heterocycles. The van der Waals surface area contributed by atoms with Gasteiger partial charge in [0.2, 0.25) is 13.6 Å². The Morgan fingerprint density at radius 1 is 1.00 bits per heavy atom. The third-order valence-corrected chi connectivity index (χ3v) is 6.01. The molecule has 0 aromatic rings. The maximum absolute atomic E-state index is 13.3. The number of aliphatic hydroxyl groups is 1. The van der Waals surface area contributed by atoms with E-state index < -0.39 is 74.1 Å². The summed E-state index contributed by atoms with van der Waals surface area (Å²) in [6, 6.07) is 0. The number of rotatable bonds is 8. The van der Waals surface area contributed by atoms with Crippen molar-refractivity contribution in [2.75, 3.05) is 13.6 Å². The Balaban J connectivity index is 2.97. The molecule has 12 nitrogen and oxygen atoms in total. The molecule has 2 atom stereocenters. The van der Waals surface area contributed by atoms with Crippen LogP contribution in [0.1, 0.15) is 54.9 Å². The molecule has 0 spiro atoms. The van der Waals surface area contributed by atoms with Crippen LogP contribution in [0.15, 0.2) is 0 Å². The van der Waals surface area contributed by atoms with Crippen molar-refractivity contribution in [3.8, 4) is 0 Å². The lowest BCUT2D eigenvalue weighted by molar-refractivity contribution is -0.218. The van der Waals surface area contributed by atoms with Crippen molar-refractivity contribution in [1.29, 1.82) is 0 Å². The van der Waals surface area contributed by atoms with Crippen LogP contribution in [0.3, 0.4) is 0 Å². The quantitative estimate of drug-likeness (QED) is 0.315. The summed E-state index contributed by atoms with van der Waals surface area (Å²) < 4.78 is 33.4. The number of carbonyl (C=O) groups excluding carboxylic acids is 4. The zero-order chi connectivity index (χ0) is 24.2. The maximum atomic E-state index is 13.3. The summed E-state index contributed by atoms with van der Waals surface area (Å²) in [5.74, 6) is -3.27. The van der Waals surface area contributed by atoms with Crippen LogP contribution < -0.4 is 0 Å². The smallest absolute Gasteiger partial charge is 0.349 e. The molecule has 0 aliphatic carbocycles. The summed E-state index contributed by atoms with van der Waals surface area (Å²) in [6.07, 6.45) is -2.07. The SMILES string of the molecule is CC(=O)ON1C(=O)[C@@H](P(=O)(OCOC(=O)C(C)(C)C)OCOC(=O)C(C)(C)C)C[C@@H]1O. The first kappa shape index (κ1) is 27.0. The Morgan fingerprint density at radius 2 is 1.42 bits per heavy atom. The second kappa shape index (κ2) is 10.1. The maximum Gasteiger partial charge on any atom is 0.349 e. The number of hydrogen-bond acceptors (Lipinski definition) is 11. The molecular weight excluding hydrogens is 437 g/mol. The molecule has 0 aromatic heterocycles. The van der Waals surface area contributed by atoms with Crippen molar-refractivity contribution in [3.05, 3.63) is 0 Å². The van der Waals surface area contributed by atoms with Gasteiger partial charge in [-0.05, 0) is 41.5 Å². The number of hydroxylamine groups is 2. The molecule has 1 amide bonds. The minimum atomic E-state index is -4.46. The average molecular weight is 467 g/mol. The number of amides is 1. The lowest BCUT2D eigenvalue weighted by Crippen LogP contribution is -2.36. The molecule has 31 heavy (non-hydrogen) atoms. The van der Waals surface area contributed by atoms with Crippen molar-refractivity contribution >= 4 is 31.4 Å². The highest BCUT2D eigenvalue weighted by molar-refractivity contribution is 7.55. The molecule has 1 heterocycles. The Hall–Kier alpha value is -2.01. The molecule has 0 aromatic carbocycles. The first-order valence-corrected chi connectivity index (χ1v) is 11.0. The molecule has 1 rings (SSSR count). The van der Waals surface area contributed by atoms with Gasteiger partial charge in [0, 0.05) is 13.3 Å². The first-order valence-electron chi connectivity index (χ1n) is 9.42. The van der Waals surface area contributed by atoms with Gasteiger partial charge in [0.1, 0.15) is 5.66 Å². The van der Waals surface area contributed by atoms with Crippen LogP contribution in [0.4, 0.5) is 0 Å². The fraction of sp³-hybridized carbons (Fsp3) is 0.778. The Bertz CT molecular complexity index is 717. The van der Waals surface area contributed by atoms with Gasteiger partial charge in [0.15, 0.2) is 6.23 Å². The number of esters is 2. The molecule has 1 aliphatic rings. The highest BCUT2D eigenvalue weighted by atomic mass is 31.2. The highest BCUT2D eigenvalue weighted by Gasteiger charge is 2.53. The fourth-order valence-corrected chi connectivity index (χ4v) is 3.82. The Kier molecular flexibility index (Phi) is 8.78.